The van der Waals surface area contributed by atoms with Gasteiger partial charge in [0.1, 0.15) is 0 Å². The van der Waals surface area contributed by atoms with Gasteiger partial charge in [0.05, 0.1) is 12.4 Å². The molecule has 0 aliphatic heterocycles. The van der Waals surface area contributed by atoms with Crippen LogP contribution in [0.3, 0.4) is 0 Å². The van der Waals surface area contributed by atoms with Crippen LogP contribution in [0.25, 0.3) is 0 Å². The van der Waals surface area contributed by atoms with E-state index in [1.807, 2.05) is 12.1 Å². The molecule has 0 unspecified atom stereocenters. The summed E-state index contributed by atoms with van der Waals surface area (Å²) in [6.45, 7) is 4.97. The van der Waals surface area contributed by atoms with Gasteiger partial charge in [-0.15, -0.1) is 0 Å². The molecule has 6 heteroatoms. The lowest BCUT2D eigenvalue weighted by Crippen LogP contribution is -2.32. The first-order chi connectivity index (χ1) is 9.34. The summed E-state index contributed by atoms with van der Waals surface area (Å²) in [4.78, 5) is 0. The summed E-state index contributed by atoms with van der Waals surface area (Å²) in [6.07, 6.45) is 1.80. The lowest BCUT2D eigenvalue weighted by molar-refractivity contribution is 0.127. The molecule has 0 aliphatic carbocycles. The van der Waals surface area contributed by atoms with Crippen LogP contribution in [0, 0.1) is 5.41 Å². The fraction of sp³-hybridized carbons (Fsp3) is 0.571. The molecule has 0 heterocycles. The number of sulfonamides is 1. The highest BCUT2D eigenvalue weighted by Crippen LogP contribution is 2.26. The van der Waals surface area contributed by atoms with Gasteiger partial charge in [-0.3, -0.25) is 0 Å². The maximum Gasteiger partial charge on any atom is 0.213 e. The SMILES string of the molecule is CCC(CC)(CO)CNc1ccc(CS(N)(=O)=O)cc1. The van der Waals surface area contributed by atoms with E-state index < -0.39 is 10.0 Å². The molecule has 4 N–H and O–H groups in total. The second-order valence-electron chi connectivity index (χ2n) is 5.22. The van der Waals surface area contributed by atoms with Crippen LogP contribution in [0.4, 0.5) is 5.69 Å². The molecule has 0 amide bonds. The first-order valence-electron chi connectivity index (χ1n) is 6.78. The number of primary sulfonamides is 1. The summed E-state index contributed by atoms with van der Waals surface area (Å²) in [6, 6.07) is 7.14. The Morgan fingerprint density at radius 1 is 1.20 bits per heavy atom. The average molecular weight is 300 g/mol. The Balaban J connectivity index is 2.66. The van der Waals surface area contributed by atoms with E-state index in [4.69, 9.17) is 5.14 Å². The van der Waals surface area contributed by atoms with E-state index in [0.29, 0.717) is 12.1 Å². The molecule has 0 radical (unpaired) electrons. The van der Waals surface area contributed by atoms with Gasteiger partial charge in [0, 0.05) is 17.6 Å². The van der Waals surface area contributed by atoms with Crippen molar-refractivity contribution in [1.82, 2.24) is 0 Å². The number of aliphatic hydroxyl groups is 1. The van der Waals surface area contributed by atoms with E-state index in [9.17, 15) is 13.5 Å². The van der Waals surface area contributed by atoms with Gasteiger partial charge in [0.2, 0.25) is 10.0 Å². The van der Waals surface area contributed by atoms with Crippen LogP contribution in [0.2, 0.25) is 0 Å². The third-order valence-electron chi connectivity index (χ3n) is 3.82. The highest BCUT2D eigenvalue weighted by atomic mass is 32.2. The molecule has 1 rings (SSSR count). The lowest BCUT2D eigenvalue weighted by Gasteiger charge is -2.30. The van der Waals surface area contributed by atoms with Crippen molar-refractivity contribution in [3.63, 3.8) is 0 Å². The molecule has 0 saturated heterocycles. The minimum atomic E-state index is -3.49. The average Bonchev–Trinajstić information content (AvgIpc) is 2.41. The third-order valence-corrected chi connectivity index (χ3v) is 4.56. The van der Waals surface area contributed by atoms with E-state index in [1.54, 1.807) is 12.1 Å². The molecule has 20 heavy (non-hydrogen) atoms. The van der Waals surface area contributed by atoms with Gasteiger partial charge in [-0.05, 0) is 30.5 Å². The Morgan fingerprint density at radius 3 is 2.15 bits per heavy atom. The Kier molecular flexibility index (Phi) is 5.98. The molecule has 0 aliphatic rings. The van der Waals surface area contributed by atoms with Gasteiger partial charge >= 0.3 is 0 Å². The molecule has 114 valence electrons. The number of hydrogen-bond donors (Lipinski definition) is 3. The van der Waals surface area contributed by atoms with Crippen molar-refractivity contribution in [2.45, 2.75) is 32.4 Å². The monoisotopic (exact) mass is 300 g/mol. The minimum Gasteiger partial charge on any atom is -0.396 e. The molecule has 0 saturated carbocycles. The fourth-order valence-corrected chi connectivity index (χ4v) is 2.68. The highest BCUT2D eigenvalue weighted by molar-refractivity contribution is 7.88. The van der Waals surface area contributed by atoms with Gasteiger partial charge < -0.3 is 10.4 Å². The van der Waals surface area contributed by atoms with Crippen molar-refractivity contribution in [3.8, 4) is 0 Å². The van der Waals surface area contributed by atoms with E-state index in [2.05, 4.69) is 19.2 Å². The fourth-order valence-electron chi connectivity index (χ4n) is 2.02. The van der Waals surface area contributed by atoms with Crippen molar-refractivity contribution in [3.05, 3.63) is 29.8 Å². The summed E-state index contributed by atoms with van der Waals surface area (Å²) in [5.74, 6) is -0.155. The maximum absolute atomic E-state index is 11.0. The highest BCUT2D eigenvalue weighted by Gasteiger charge is 2.24. The van der Waals surface area contributed by atoms with Crippen LogP contribution < -0.4 is 10.5 Å². The number of rotatable bonds is 8. The zero-order chi connectivity index (χ0) is 15.2. The number of nitrogens with one attached hydrogen (secondary N) is 1. The minimum absolute atomic E-state index is 0.112. The Hall–Kier alpha value is -1.11. The van der Waals surface area contributed by atoms with Crippen LogP contribution in [-0.2, 0) is 15.8 Å². The quantitative estimate of drug-likeness (QED) is 0.681. The van der Waals surface area contributed by atoms with Crippen LogP contribution in [-0.4, -0.2) is 26.7 Å². The van der Waals surface area contributed by atoms with Crippen LogP contribution in [0.5, 0.6) is 0 Å². The second kappa shape index (κ2) is 7.06. The molecule has 0 fully saturated rings. The molecular weight excluding hydrogens is 276 g/mol. The number of benzene rings is 1. The van der Waals surface area contributed by atoms with Crippen molar-refractivity contribution >= 4 is 15.7 Å². The van der Waals surface area contributed by atoms with E-state index in [0.717, 1.165) is 18.5 Å². The van der Waals surface area contributed by atoms with Crippen LogP contribution in [0.1, 0.15) is 32.3 Å². The van der Waals surface area contributed by atoms with Gasteiger partial charge in [0.25, 0.3) is 0 Å². The van der Waals surface area contributed by atoms with Gasteiger partial charge in [-0.25, -0.2) is 13.6 Å². The topological polar surface area (TPSA) is 92.4 Å². The molecule has 1 aromatic carbocycles. The summed E-state index contributed by atoms with van der Waals surface area (Å²) in [5, 5.41) is 17.8. The van der Waals surface area contributed by atoms with Crippen molar-refractivity contribution in [1.29, 1.82) is 0 Å². The smallest absolute Gasteiger partial charge is 0.213 e. The standard InChI is InChI=1S/C14H24N2O3S/c1-3-14(4-2,11-17)10-16-13-7-5-12(6-8-13)9-20(15,18)19/h5-8,16-17H,3-4,9-11H2,1-2H3,(H2,15,18,19). The van der Waals surface area contributed by atoms with Crippen LogP contribution >= 0.6 is 0 Å². The summed E-state index contributed by atoms with van der Waals surface area (Å²) in [5.41, 5.74) is 1.46. The Bertz CT molecular complexity index is 499. The summed E-state index contributed by atoms with van der Waals surface area (Å²) in [7, 11) is -3.49. The zero-order valence-corrected chi connectivity index (χ0v) is 12.9. The van der Waals surface area contributed by atoms with Crippen molar-refractivity contribution in [2.75, 3.05) is 18.5 Å². The Labute approximate surface area is 121 Å². The number of anilines is 1. The molecule has 0 spiro atoms. The van der Waals surface area contributed by atoms with E-state index in [1.165, 1.54) is 0 Å². The number of hydrogen-bond acceptors (Lipinski definition) is 4. The predicted octanol–water partition coefficient (Wildman–Crippen LogP) is 1.69. The predicted molar refractivity (Wildman–Crippen MR) is 81.8 cm³/mol. The first kappa shape index (κ1) is 16.9. The van der Waals surface area contributed by atoms with Gasteiger partial charge in [-0.1, -0.05) is 26.0 Å². The second-order valence-corrected chi connectivity index (χ2v) is 6.84. The van der Waals surface area contributed by atoms with Gasteiger partial charge in [-0.2, -0.15) is 0 Å². The van der Waals surface area contributed by atoms with Gasteiger partial charge in [0.15, 0.2) is 0 Å². The summed E-state index contributed by atoms with van der Waals surface area (Å²) < 4.78 is 22.0. The van der Waals surface area contributed by atoms with Crippen LogP contribution in [0.15, 0.2) is 24.3 Å². The Morgan fingerprint density at radius 2 is 1.75 bits per heavy atom. The van der Waals surface area contributed by atoms with Crippen molar-refractivity contribution < 1.29 is 13.5 Å². The molecular formula is C14H24N2O3S. The van der Waals surface area contributed by atoms with Crippen molar-refractivity contribution in [2.24, 2.45) is 10.6 Å². The molecule has 0 atom stereocenters. The van der Waals surface area contributed by atoms with E-state index in [-0.39, 0.29) is 17.8 Å². The maximum atomic E-state index is 11.0. The number of nitrogens with two attached hydrogens (primary N) is 1. The normalized spacial score (nSPS) is 12.4. The molecule has 5 nitrogen and oxygen atoms in total. The molecule has 0 aromatic heterocycles. The largest absolute Gasteiger partial charge is 0.396 e. The zero-order valence-electron chi connectivity index (χ0n) is 12.1. The van der Waals surface area contributed by atoms with E-state index >= 15 is 0 Å². The third kappa shape index (κ3) is 5.11. The molecule has 0 bridgehead atoms. The summed E-state index contributed by atoms with van der Waals surface area (Å²) >= 11 is 0. The lowest BCUT2D eigenvalue weighted by atomic mass is 9.83. The first-order valence-corrected chi connectivity index (χ1v) is 8.50. The number of aliphatic hydroxyl groups excluding tert-OH is 1. The molecule has 1 aromatic rings.